The summed E-state index contributed by atoms with van der Waals surface area (Å²) in [6, 6.07) is 18.7. The van der Waals surface area contributed by atoms with Gasteiger partial charge in [0, 0.05) is 17.4 Å². The van der Waals surface area contributed by atoms with E-state index >= 15 is 0 Å². The minimum absolute atomic E-state index is 0.169. The lowest BCUT2D eigenvalue weighted by molar-refractivity contribution is 0.102. The molecule has 4 aromatic rings. The molecule has 0 saturated heterocycles. The van der Waals surface area contributed by atoms with Crippen LogP contribution in [-0.2, 0) is 13.3 Å². The molecule has 1 N–H and O–H groups in total. The van der Waals surface area contributed by atoms with E-state index in [4.69, 9.17) is 16.3 Å². The van der Waals surface area contributed by atoms with Crippen LogP contribution in [0.2, 0.25) is 5.02 Å². The van der Waals surface area contributed by atoms with Gasteiger partial charge in [0.15, 0.2) is 12.4 Å². The molecular weight excluding hydrogens is 390 g/mol. The van der Waals surface area contributed by atoms with Crippen molar-refractivity contribution in [3.05, 3.63) is 95.5 Å². The number of hydrogen-bond donors (Lipinski definition) is 1. The number of nitrogens with zero attached hydrogens (tertiary/aromatic N) is 4. The van der Waals surface area contributed by atoms with Crippen LogP contribution in [0.25, 0.3) is 0 Å². The summed E-state index contributed by atoms with van der Waals surface area (Å²) >= 11 is 5.93. The maximum Gasteiger partial charge on any atom is 0.276 e. The van der Waals surface area contributed by atoms with E-state index in [1.54, 1.807) is 53.6 Å². The fourth-order valence-corrected chi connectivity index (χ4v) is 2.91. The third-order valence-corrected chi connectivity index (χ3v) is 4.35. The highest BCUT2D eigenvalue weighted by Gasteiger charge is 2.11. The van der Waals surface area contributed by atoms with Gasteiger partial charge in [-0.15, -0.1) is 0 Å². The van der Waals surface area contributed by atoms with Crippen LogP contribution in [0.15, 0.2) is 79.3 Å². The van der Waals surface area contributed by atoms with Gasteiger partial charge in [0.1, 0.15) is 5.75 Å². The van der Waals surface area contributed by atoms with Gasteiger partial charge in [-0.05, 0) is 29.8 Å². The van der Waals surface area contributed by atoms with Crippen LogP contribution >= 0.6 is 11.6 Å². The van der Waals surface area contributed by atoms with Crippen molar-refractivity contribution in [2.24, 2.45) is 0 Å². The Kier molecular flexibility index (Phi) is 5.58. The number of carbonyl (C=O) groups excluding carboxylic acids is 1. The Labute approximate surface area is 172 Å². The number of halogens is 1. The molecule has 0 aliphatic carbocycles. The third kappa shape index (κ3) is 5.03. The number of amides is 1. The van der Waals surface area contributed by atoms with E-state index < -0.39 is 0 Å². The molecule has 1 amide bonds. The summed E-state index contributed by atoms with van der Waals surface area (Å²) in [6.45, 7) is 0.800. The van der Waals surface area contributed by atoms with E-state index in [0.717, 1.165) is 5.56 Å². The lowest BCUT2D eigenvalue weighted by Gasteiger charge is -2.06. The molecule has 2 aromatic heterocycles. The number of ether oxygens (including phenoxy) is 1. The number of nitrogens with one attached hydrogen (secondary N) is 1. The molecule has 8 heteroatoms. The molecule has 29 heavy (non-hydrogen) atoms. The van der Waals surface area contributed by atoms with Crippen LogP contribution in [-0.4, -0.2) is 25.5 Å². The van der Waals surface area contributed by atoms with Crippen molar-refractivity contribution in [2.45, 2.75) is 13.3 Å². The van der Waals surface area contributed by atoms with Crippen molar-refractivity contribution >= 4 is 23.2 Å². The second-order valence-corrected chi connectivity index (χ2v) is 6.77. The fraction of sp³-hybridized carbons (Fsp3) is 0.0952. The molecule has 0 atom stereocenters. The molecule has 0 aliphatic rings. The Bertz CT molecular complexity index is 1110. The Morgan fingerprint density at radius 1 is 1.07 bits per heavy atom. The summed E-state index contributed by atoms with van der Waals surface area (Å²) in [4.78, 5) is 12.4. The minimum Gasteiger partial charge on any atom is -0.471 e. The molecule has 0 aliphatic heterocycles. The van der Waals surface area contributed by atoms with Crippen molar-refractivity contribution in [3.63, 3.8) is 0 Å². The van der Waals surface area contributed by atoms with Crippen molar-refractivity contribution in [3.8, 4) is 5.75 Å². The monoisotopic (exact) mass is 407 g/mol. The van der Waals surface area contributed by atoms with Crippen LogP contribution in [0.4, 0.5) is 5.69 Å². The van der Waals surface area contributed by atoms with Gasteiger partial charge in [0.2, 0.25) is 0 Å². The van der Waals surface area contributed by atoms with Gasteiger partial charge >= 0.3 is 0 Å². The van der Waals surface area contributed by atoms with Gasteiger partial charge in [-0.2, -0.15) is 10.2 Å². The molecule has 0 radical (unpaired) electrons. The quantitative estimate of drug-likeness (QED) is 0.501. The van der Waals surface area contributed by atoms with E-state index in [2.05, 4.69) is 15.5 Å². The lowest BCUT2D eigenvalue weighted by Crippen LogP contribution is -2.14. The van der Waals surface area contributed by atoms with Gasteiger partial charge < -0.3 is 10.1 Å². The second-order valence-electron chi connectivity index (χ2n) is 6.34. The Balaban J connectivity index is 1.33. The summed E-state index contributed by atoms with van der Waals surface area (Å²) in [6.07, 6.45) is 5.07. The molecule has 4 rings (SSSR count). The molecule has 7 nitrogen and oxygen atoms in total. The Morgan fingerprint density at radius 3 is 2.76 bits per heavy atom. The molecule has 0 unspecified atom stereocenters. The number of rotatable bonds is 7. The highest BCUT2D eigenvalue weighted by Crippen LogP contribution is 2.17. The maximum atomic E-state index is 12.4. The number of carbonyl (C=O) groups is 1. The second kappa shape index (κ2) is 8.62. The van der Waals surface area contributed by atoms with Crippen molar-refractivity contribution in [1.82, 2.24) is 19.6 Å². The molecule has 0 bridgehead atoms. The predicted octanol–water partition coefficient (Wildman–Crippen LogP) is 4.07. The molecule has 146 valence electrons. The summed E-state index contributed by atoms with van der Waals surface area (Å²) in [5, 5.41) is 11.9. The van der Waals surface area contributed by atoms with Gasteiger partial charge in [-0.3, -0.25) is 9.48 Å². The smallest absolute Gasteiger partial charge is 0.276 e. The van der Waals surface area contributed by atoms with Crippen LogP contribution in [0.3, 0.4) is 0 Å². The van der Waals surface area contributed by atoms with Crippen molar-refractivity contribution in [1.29, 1.82) is 0 Å². The van der Waals surface area contributed by atoms with Crippen molar-refractivity contribution < 1.29 is 9.53 Å². The van der Waals surface area contributed by atoms with Gasteiger partial charge in [-0.25, -0.2) is 4.68 Å². The largest absolute Gasteiger partial charge is 0.471 e. The first-order valence-electron chi connectivity index (χ1n) is 8.95. The molecule has 2 aromatic carbocycles. The van der Waals surface area contributed by atoms with Gasteiger partial charge in [0.05, 0.1) is 18.4 Å². The summed E-state index contributed by atoms with van der Waals surface area (Å²) in [5.74, 6) is 0.315. The van der Waals surface area contributed by atoms with Crippen LogP contribution in [0, 0.1) is 0 Å². The molecular formula is C21H18ClN5O2. The summed E-state index contributed by atoms with van der Waals surface area (Å²) in [5.41, 5.74) is 2.03. The first-order chi connectivity index (χ1) is 14.2. The predicted molar refractivity (Wildman–Crippen MR) is 110 cm³/mol. The van der Waals surface area contributed by atoms with Crippen LogP contribution < -0.4 is 10.1 Å². The highest BCUT2D eigenvalue weighted by molar-refractivity contribution is 6.30. The lowest BCUT2D eigenvalue weighted by atomic mass is 10.2. The maximum absolute atomic E-state index is 12.4. The zero-order chi connectivity index (χ0) is 20.1. The zero-order valence-corrected chi connectivity index (χ0v) is 16.2. The van der Waals surface area contributed by atoms with E-state index in [0.29, 0.717) is 23.0 Å². The van der Waals surface area contributed by atoms with Gasteiger partial charge in [0.25, 0.3) is 5.91 Å². The van der Waals surface area contributed by atoms with Crippen LogP contribution in [0.1, 0.15) is 16.1 Å². The number of aromatic nitrogens is 4. The topological polar surface area (TPSA) is 74.0 Å². The summed E-state index contributed by atoms with van der Waals surface area (Å²) in [7, 11) is 0. The average molecular weight is 408 g/mol. The zero-order valence-electron chi connectivity index (χ0n) is 15.4. The minimum atomic E-state index is -0.314. The normalized spacial score (nSPS) is 10.7. The Hall–Kier alpha value is -3.58. The van der Waals surface area contributed by atoms with E-state index in [-0.39, 0.29) is 18.3 Å². The van der Waals surface area contributed by atoms with Gasteiger partial charge in [-0.1, -0.05) is 48.0 Å². The number of benzene rings is 2. The number of anilines is 1. The highest BCUT2D eigenvalue weighted by atomic mass is 35.5. The van der Waals surface area contributed by atoms with E-state index in [9.17, 15) is 4.79 Å². The van der Waals surface area contributed by atoms with E-state index in [1.165, 1.54) is 4.68 Å². The molecule has 0 spiro atoms. The average Bonchev–Trinajstić information content (AvgIpc) is 3.37. The number of hydrogen-bond acceptors (Lipinski definition) is 4. The van der Waals surface area contributed by atoms with E-state index in [1.807, 2.05) is 30.3 Å². The Morgan fingerprint density at radius 2 is 1.93 bits per heavy atom. The fourth-order valence-electron chi connectivity index (χ4n) is 2.73. The van der Waals surface area contributed by atoms with Crippen molar-refractivity contribution in [2.75, 3.05) is 5.32 Å². The summed E-state index contributed by atoms with van der Waals surface area (Å²) < 4.78 is 8.92. The first-order valence-corrected chi connectivity index (χ1v) is 9.33. The third-order valence-electron chi connectivity index (χ3n) is 4.11. The van der Waals surface area contributed by atoms with Crippen LogP contribution in [0.5, 0.6) is 5.75 Å². The molecule has 0 saturated carbocycles. The molecule has 2 heterocycles. The molecule has 0 fully saturated rings. The first kappa shape index (κ1) is 18.8. The SMILES string of the molecule is O=C(Nc1cnn(Cc2ccccc2)c1)c1ccn(COc2cccc(Cl)c2)n1. The standard InChI is InChI=1S/C21H18ClN5O2/c22-17-7-4-8-19(11-17)29-15-26-10-9-20(25-26)21(28)24-18-12-23-27(14-18)13-16-5-2-1-3-6-16/h1-12,14H,13,15H2,(H,24,28).